The number of anilines is 1. The number of nitrogens with zero attached hydrogens (tertiary/aromatic N) is 1. The summed E-state index contributed by atoms with van der Waals surface area (Å²) in [6.07, 6.45) is 0. The fourth-order valence-electron chi connectivity index (χ4n) is 2.43. The molecular weight excluding hydrogens is 342 g/mol. The van der Waals surface area contributed by atoms with Gasteiger partial charge >= 0.3 is 0 Å². The lowest BCUT2D eigenvalue weighted by Crippen LogP contribution is -2.46. The normalized spacial score (nSPS) is 14.4. The van der Waals surface area contributed by atoms with Gasteiger partial charge in [0, 0.05) is 37.4 Å². The summed E-state index contributed by atoms with van der Waals surface area (Å²) in [5.41, 5.74) is 1.37. The van der Waals surface area contributed by atoms with Crippen molar-refractivity contribution in [3.63, 3.8) is 0 Å². The zero-order valence-electron chi connectivity index (χ0n) is 13.2. The molecule has 1 fully saturated rings. The summed E-state index contributed by atoms with van der Waals surface area (Å²) in [7, 11) is 0. The van der Waals surface area contributed by atoms with Crippen LogP contribution in [0.4, 0.5) is 5.69 Å². The average molecular weight is 361 g/mol. The van der Waals surface area contributed by atoms with Crippen LogP contribution in [0.5, 0.6) is 0 Å². The SMILES string of the molecule is O=C(CSc1cccs1)Nc1ccc(C(=O)N2CCNCC2)cc1. The lowest BCUT2D eigenvalue weighted by atomic mass is 10.1. The number of thiophene rings is 1. The molecule has 24 heavy (non-hydrogen) atoms. The van der Waals surface area contributed by atoms with Crippen LogP contribution in [0.25, 0.3) is 0 Å². The van der Waals surface area contributed by atoms with Gasteiger partial charge in [-0.05, 0) is 35.7 Å². The van der Waals surface area contributed by atoms with Crippen LogP contribution in [0, 0.1) is 0 Å². The maximum atomic E-state index is 12.4. The van der Waals surface area contributed by atoms with Gasteiger partial charge in [0.25, 0.3) is 5.91 Å². The van der Waals surface area contributed by atoms with Crippen molar-refractivity contribution in [1.82, 2.24) is 10.2 Å². The molecule has 1 saturated heterocycles. The van der Waals surface area contributed by atoms with Crippen molar-refractivity contribution in [2.45, 2.75) is 4.21 Å². The van der Waals surface area contributed by atoms with E-state index in [4.69, 9.17) is 0 Å². The van der Waals surface area contributed by atoms with Crippen molar-refractivity contribution < 1.29 is 9.59 Å². The molecule has 2 aromatic rings. The second-order valence-electron chi connectivity index (χ2n) is 5.39. The average Bonchev–Trinajstić information content (AvgIpc) is 3.14. The highest BCUT2D eigenvalue weighted by Gasteiger charge is 2.17. The van der Waals surface area contributed by atoms with Crippen molar-refractivity contribution in [3.05, 3.63) is 47.3 Å². The molecule has 7 heteroatoms. The molecule has 3 rings (SSSR count). The van der Waals surface area contributed by atoms with Crippen molar-refractivity contribution in [3.8, 4) is 0 Å². The van der Waals surface area contributed by atoms with Crippen LogP contribution in [-0.4, -0.2) is 48.6 Å². The Morgan fingerprint density at radius 1 is 1.17 bits per heavy atom. The number of amides is 2. The van der Waals surface area contributed by atoms with Crippen LogP contribution < -0.4 is 10.6 Å². The predicted octanol–water partition coefficient (Wildman–Crippen LogP) is 2.52. The molecule has 0 bridgehead atoms. The summed E-state index contributed by atoms with van der Waals surface area (Å²) in [6.45, 7) is 3.14. The van der Waals surface area contributed by atoms with E-state index < -0.39 is 0 Å². The van der Waals surface area contributed by atoms with Gasteiger partial charge in [0.15, 0.2) is 0 Å². The topological polar surface area (TPSA) is 61.4 Å². The van der Waals surface area contributed by atoms with E-state index in [1.54, 1.807) is 35.6 Å². The number of piperazine rings is 1. The lowest BCUT2D eigenvalue weighted by Gasteiger charge is -2.27. The van der Waals surface area contributed by atoms with Gasteiger partial charge < -0.3 is 15.5 Å². The Labute approximate surface area is 149 Å². The predicted molar refractivity (Wildman–Crippen MR) is 98.9 cm³/mol. The minimum absolute atomic E-state index is 0.0441. The molecular formula is C17H19N3O2S2. The second-order valence-corrected chi connectivity index (χ2v) is 7.61. The van der Waals surface area contributed by atoms with Crippen LogP contribution in [0.1, 0.15) is 10.4 Å². The van der Waals surface area contributed by atoms with E-state index in [1.807, 2.05) is 22.4 Å². The quantitative estimate of drug-likeness (QED) is 0.804. The minimum atomic E-state index is -0.0467. The monoisotopic (exact) mass is 361 g/mol. The molecule has 0 spiro atoms. The number of rotatable bonds is 5. The number of nitrogens with one attached hydrogen (secondary N) is 2. The fraction of sp³-hybridized carbons (Fsp3) is 0.294. The summed E-state index contributed by atoms with van der Waals surface area (Å²) in [4.78, 5) is 26.2. The van der Waals surface area contributed by atoms with E-state index in [9.17, 15) is 9.59 Å². The van der Waals surface area contributed by atoms with Gasteiger partial charge in [0.1, 0.15) is 0 Å². The molecule has 1 aliphatic rings. The van der Waals surface area contributed by atoms with E-state index >= 15 is 0 Å². The van der Waals surface area contributed by atoms with Gasteiger partial charge in [-0.1, -0.05) is 6.07 Å². The first-order chi connectivity index (χ1) is 11.7. The van der Waals surface area contributed by atoms with Crippen LogP contribution in [0.2, 0.25) is 0 Å². The Morgan fingerprint density at radius 3 is 2.58 bits per heavy atom. The van der Waals surface area contributed by atoms with E-state index in [1.165, 1.54) is 11.8 Å². The molecule has 2 N–H and O–H groups in total. The molecule has 0 saturated carbocycles. The zero-order valence-corrected chi connectivity index (χ0v) is 14.8. The summed E-state index contributed by atoms with van der Waals surface area (Å²) in [5, 5.41) is 8.09. The van der Waals surface area contributed by atoms with Gasteiger partial charge in [0.05, 0.1) is 9.96 Å². The number of benzene rings is 1. The number of carbonyl (C=O) groups is 2. The molecule has 0 aliphatic carbocycles. The smallest absolute Gasteiger partial charge is 0.253 e. The van der Waals surface area contributed by atoms with E-state index in [0.717, 1.165) is 30.4 Å². The van der Waals surface area contributed by atoms with Gasteiger partial charge in [-0.2, -0.15) is 0 Å². The second kappa shape index (κ2) is 8.32. The highest BCUT2D eigenvalue weighted by molar-refractivity contribution is 8.01. The van der Waals surface area contributed by atoms with Crippen molar-refractivity contribution >= 4 is 40.6 Å². The largest absolute Gasteiger partial charge is 0.336 e. The van der Waals surface area contributed by atoms with Gasteiger partial charge in [0.2, 0.25) is 5.91 Å². The summed E-state index contributed by atoms with van der Waals surface area (Å²) < 4.78 is 1.13. The summed E-state index contributed by atoms with van der Waals surface area (Å²) >= 11 is 3.15. The van der Waals surface area contributed by atoms with Crippen molar-refractivity contribution in [1.29, 1.82) is 0 Å². The molecule has 5 nitrogen and oxygen atoms in total. The van der Waals surface area contributed by atoms with Crippen molar-refractivity contribution in [2.75, 3.05) is 37.2 Å². The molecule has 1 aromatic carbocycles. The molecule has 1 aromatic heterocycles. The summed E-state index contributed by atoms with van der Waals surface area (Å²) in [5.74, 6) is 0.374. The number of hydrogen-bond acceptors (Lipinski definition) is 5. The van der Waals surface area contributed by atoms with Gasteiger partial charge in [-0.25, -0.2) is 0 Å². The zero-order chi connectivity index (χ0) is 16.8. The maximum Gasteiger partial charge on any atom is 0.253 e. The van der Waals surface area contributed by atoms with Crippen LogP contribution >= 0.6 is 23.1 Å². The van der Waals surface area contributed by atoms with Crippen LogP contribution in [0.15, 0.2) is 46.0 Å². The molecule has 0 atom stereocenters. The first kappa shape index (κ1) is 17.0. The number of hydrogen-bond donors (Lipinski definition) is 2. The Hall–Kier alpha value is -1.83. The molecule has 0 radical (unpaired) electrons. The van der Waals surface area contributed by atoms with Crippen LogP contribution in [0.3, 0.4) is 0 Å². The standard InChI is InChI=1S/C17H19N3O2S2/c21-15(12-24-16-2-1-11-23-16)19-14-5-3-13(4-6-14)17(22)20-9-7-18-8-10-20/h1-6,11,18H,7-10,12H2,(H,19,21). The minimum Gasteiger partial charge on any atom is -0.336 e. The Bertz CT molecular complexity index is 680. The Morgan fingerprint density at radius 2 is 1.92 bits per heavy atom. The first-order valence-corrected chi connectivity index (χ1v) is 9.65. The van der Waals surface area contributed by atoms with E-state index in [0.29, 0.717) is 17.0 Å². The van der Waals surface area contributed by atoms with Gasteiger partial charge in [-0.3, -0.25) is 9.59 Å². The summed E-state index contributed by atoms with van der Waals surface area (Å²) in [6, 6.07) is 11.1. The lowest BCUT2D eigenvalue weighted by molar-refractivity contribution is -0.113. The Balaban J connectivity index is 1.52. The van der Waals surface area contributed by atoms with Crippen LogP contribution in [-0.2, 0) is 4.79 Å². The highest BCUT2D eigenvalue weighted by Crippen LogP contribution is 2.23. The third kappa shape index (κ3) is 4.59. The van der Waals surface area contributed by atoms with Gasteiger partial charge in [-0.15, -0.1) is 23.1 Å². The molecule has 2 heterocycles. The van der Waals surface area contributed by atoms with E-state index in [-0.39, 0.29) is 11.8 Å². The molecule has 126 valence electrons. The maximum absolute atomic E-state index is 12.4. The Kier molecular flexibility index (Phi) is 5.90. The third-order valence-corrected chi connectivity index (χ3v) is 5.79. The fourth-order valence-corrected chi connectivity index (χ4v) is 4.01. The molecule has 1 aliphatic heterocycles. The first-order valence-electron chi connectivity index (χ1n) is 7.78. The van der Waals surface area contributed by atoms with Crippen molar-refractivity contribution in [2.24, 2.45) is 0 Å². The number of thioether (sulfide) groups is 1. The third-order valence-electron chi connectivity index (χ3n) is 3.66. The highest BCUT2D eigenvalue weighted by atomic mass is 32.2. The molecule has 0 unspecified atom stereocenters. The number of carbonyl (C=O) groups excluding carboxylic acids is 2. The van der Waals surface area contributed by atoms with E-state index in [2.05, 4.69) is 10.6 Å². The molecule has 2 amide bonds.